The summed E-state index contributed by atoms with van der Waals surface area (Å²) in [5, 5.41) is 12.0. The van der Waals surface area contributed by atoms with Crippen LogP contribution in [0.2, 0.25) is 0 Å². The number of carbonyl (C=O) groups excluding carboxylic acids is 1. The molecule has 3 rings (SSSR count). The summed E-state index contributed by atoms with van der Waals surface area (Å²) in [4.78, 5) is 15.8. The lowest BCUT2D eigenvalue weighted by atomic mass is 9.60. The first-order valence-corrected chi connectivity index (χ1v) is 8.69. The van der Waals surface area contributed by atoms with E-state index in [0.717, 1.165) is 38.0 Å². The maximum absolute atomic E-state index is 11.7. The van der Waals surface area contributed by atoms with Gasteiger partial charge in [0.2, 0.25) is 0 Å². The first-order chi connectivity index (χ1) is 11.5. The molecule has 0 unspecified atom stereocenters. The van der Waals surface area contributed by atoms with E-state index in [9.17, 15) is 4.79 Å². The second-order valence-electron chi connectivity index (χ2n) is 7.53. The molecule has 0 atom stereocenters. The molecule has 0 radical (unpaired) electrons. The van der Waals surface area contributed by atoms with E-state index in [1.807, 2.05) is 12.1 Å². The molecule has 5 nitrogen and oxygen atoms in total. The van der Waals surface area contributed by atoms with Gasteiger partial charge in [-0.1, -0.05) is 12.1 Å². The van der Waals surface area contributed by atoms with Crippen molar-refractivity contribution in [3.8, 4) is 6.07 Å². The minimum Gasteiger partial charge on any atom is -0.335 e. The summed E-state index contributed by atoms with van der Waals surface area (Å²) in [6, 6.07) is 10.4. The van der Waals surface area contributed by atoms with E-state index in [1.54, 1.807) is 19.0 Å². The largest absolute Gasteiger partial charge is 0.335 e. The molecular formula is C19H26N4O. The van der Waals surface area contributed by atoms with E-state index in [2.05, 4.69) is 28.4 Å². The molecule has 1 spiro atoms. The monoisotopic (exact) mass is 326 g/mol. The van der Waals surface area contributed by atoms with Crippen molar-refractivity contribution in [1.29, 1.82) is 5.26 Å². The van der Waals surface area contributed by atoms with E-state index in [0.29, 0.717) is 11.5 Å². The van der Waals surface area contributed by atoms with Gasteiger partial charge in [-0.25, -0.2) is 4.79 Å². The van der Waals surface area contributed by atoms with Crippen LogP contribution in [0.25, 0.3) is 0 Å². The van der Waals surface area contributed by atoms with E-state index >= 15 is 0 Å². The second-order valence-corrected chi connectivity index (χ2v) is 7.53. The van der Waals surface area contributed by atoms with E-state index < -0.39 is 0 Å². The van der Waals surface area contributed by atoms with Gasteiger partial charge in [-0.05, 0) is 61.9 Å². The first kappa shape index (κ1) is 16.8. The highest BCUT2D eigenvalue weighted by Crippen LogP contribution is 2.49. The Morgan fingerprint density at radius 1 is 1.29 bits per heavy atom. The lowest BCUT2D eigenvalue weighted by Gasteiger charge is -2.52. The zero-order valence-electron chi connectivity index (χ0n) is 14.6. The fraction of sp³-hybridized carbons (Fsp3) is 0.579. The molecule has 1 saturated heterocycles. The Morgan fingerprint density at radius 2 is 1.92 bits per heavy atom. The van der Waals surface area contributed by atoms with Gasteiger partial charge in [0.1, 0.15) is 0 Å². The molecule has 5 heteroatoms. The van der Waals surface area contributed by atoms with Crippen molar-refractivity contribution in [3.05, 3.63) is 35.4 Å². The lowest BCUT2D eigenvalue weighted by Crippen LogP contribution is -2.56. The average Bonchev–Trinajstić information content (AvgIpc) is 2.55. The Labute approximate surface area is 144 Å². The average molecular weight is 326 g/mol. The van der Waals surface area contributed by atoms with Gasteiger partial charge in [0, 0.05) is 26.7 Å². The van der Waals surface area contributed by atoms with Crippen LogP contribution in [0, 0.1) is 16.7 Å². The second kappa shape index (κ2) is 6.82. The SMILES string of the molecule is CN(C)C(=O)NC1CC2(CCN(Cc3ccc(C#N)cc3)CC2)C1. The van der Waals surface area contributed by atoms with Crippen molar-refractivity contribution in [1.82, 2.24) is 15.1 Å². The Balaban J connectivity index is 1.43. The molecular weight excluding hydrogens is 300 g/mol. The summed E-state index contributed by atoms with van der Waals surface area (Å²) in [6.07, 6.45) is 4.68. The van der Waals surface area contributed by atoms with Crippen molar-refractivity contribution in [2.45, 2.75) is 38.3 Å². The van der Waals surface area contributed by atoms with Gasteiger partial charge in [0.25, 0.3) is 0 Å². The third-order valence-corrected chi connectivity index (χ3v) is 5.50. The number of piperidine rings is 1. The van der Waals surface area contributed by atoms with Crippen LogP contribution in [0.5, 0.6) is 0 Å². The molecule has 1 aliphatic heterocycles. The quantitative estimate of drug-likeness (QED) is 0.929. The third kappa shape index (κ3) is 3.70. The van der Waals surface area contributed by atoms with Crippen LogP contribution >= 0.6 is 0 Å². The maximum atomic E-state index is 11.7. The Hall–Kier alpha value is -2.06. The van der Waals surface area contributed by atoms with Gasteiger partial charge < -0.3 is 10.2 Å². The fourth-order valence-electron chi connectivity index (χ4n) is 3.93. The Morgan fingerprint density at radius 3 is 2.46 bits per heavy atom. The molecule has 2 aliphatic rings. The number of carbonyl (C=O) groups is 1. The topological polar surface area (TPSA) is 59.4 Å². The predicted molar refractivity (Wildman–Crippen MR) is 93.3 cm³/mol. The van der Waals surface area contributed by atoms with Crippen LogP contribution < -0.4 is 5.32 Å². The number of nitrogens with one attached hydrogen (secondary N) is 1. The van der Waals surface area contributed by atoms with Gasteiger partial charge in [-0.2, -0.15) is 5.26 Å². The van der Waals surface area contributed by atoms with Gasteiger partial charge >= 0.3 is 6.03 Å². The summed E-state index contributed by atoms with van der Waals surface area (Å²) in [6.45, 7) is 3.20. The number of hydrogen-bond donors (Lipinski definition) is 1. The number of hydrogen-bond acceptors (Lipinski definition) is 3. The molecule has 1 N–H and O–H groups in total. The van der Waals surface area contributed by atoms with Crippen molar-refractivity contribution in [2.75, 3.05) is 27.2 Å². The first-order valence-electron chi connectivity index (χ1n) is 8.69. The number of urea groups is 1. The number of nitriles is 1. The summed E-state index contributed by atoms with van der Waals surface area (Å²) in [5.41, 5.74) is 2.44. The highest BCUT2D eigenvalue weighted by molar-refractivity contribution is 5.74. The minimum absolute atomic E-state index is 0.0214. The fourth-order valence-corrected chi connectivity index (χ4v) is 3.93. The third-order valence-electron chi connectivity index (χ3n) is 5.50. The van der Waals surface area contributed by atoms with Crippen LogP contribution in [-0.2, 0) is 6.54 Å². The van der Waals surface area contributed by atoms with E-state index in [1.165, 1.54) is 18.4 Å². The molecule has 128 valence electrons. The molecule has 1 saturated carbocycles. The molecule has 1 aliphatic carbocycles. The lowest BCUT2D eigenvalue weighted by molar-refractivity contribution is 0.00636. The number of nitrogens with zero attached hydrogens (tertiary/aromatic N) is 3. The molecule has 2 fully saturated rings. The summed E-state index contributed by atoms with van der Waals surface area (Å²) in [7, 11) is 3.57. The van der Waals surface area contributed by atoms with Gasteiger partial charge in [-0.15, -0.1) is 0 Å². The number of amides is 2. The normalized spacial score (nSPS) is 20.2. The standard InChI is InChI=1S/C19H26N4O/c1-22(2)18(24)21-17-11-19(12-17)7-9-23(10-8-19)14-16-5-3-15(13-20)4-6-16/h3-6,17H,7-12,14H2,1-2H3,(H,21,24). The van der Waals surface area contributed by atoms with E-state index in [4.69, 9.17) is 5.26 Å². The zero-order valence-corrected chi connectivity index (χ0v) is 14.6. The molecule has 0 bridgehead atoms. The Bertz CT molecular complexity index is 616. The zero-order chi connectivity index (χ0) is 17.2. The van der Waals surface area contributed by atoms with Gasteiger partial charge in [0.15, 0.2) is 0 Å². The van der Waals surface area contributed by atoms with E-state index in [-0.39, 0.29) is 6.03 Å². The summed E-state index contributed by atoms with van der Waals surface area (Å²) < 4.78 is 0. The molecule has 24 heavy (non-hydrogen) atoms. The molecule has 1 aromatic rings. The van der Waals surface area contributed by atoms with Crippen LogP contribution in [0.4, 0.5) is 4.79 Å². The highest BCUT2D eigenvalue weighted by Gasteiger charge is 2.46. The molecule has 2 amide bonds. The van der Waals surface area contributed by atoms with Crippen LogP contribution in [0.15, 0.2) is 24.3 Å². The van der Waals surface area contributed by atoms with Crippen molar-refractivity contribution < 1.29 is 4.79 Å². The highest BCUT2D eigenvalue weighted by atomic mass is 16.2. The smallest absolute Gasteiger partial charge is 0.317 e. The van der Waals surface area contributed by atoms with Crippen LogP contribution in [-0.4, -0.2) is 49.1 Å². The summed E-state index contributed by atoms with van der Waals surface area (Å²) >= 11 is 0. The molecule has 0 aromatic heterocycles. The number of likely N-dealkylation sites (tertiary alicyclic amines) is 1. The van der Waals surface area contributed by atoms with Crippen LogP contribution in [0.3, 0.4) is 0 Å². The van der Waals surface area contributed by atoms with Crippen molar-refractivity contribution in [2.24, 2.45) is 5.41 Å². The van der Waals surface area contributed by atoms with Gasteiger partial charge in [-0.3, -0.25) is 4.90 Å². The number of rotatable bonds is 3. The van der Waals surface area contributed by atoms with Crippen molar-refractivity contribution >= 4 is 6.03 Å². The molecule has 1 aromatic carbocycles. The molecule has 1 heterocycles. The van der Waals surface area contributed by atoms with Crippen molar-refractivity contribution in [3.63, 3.8) is 0 Å². The van der Waals surface area contributed by atoms with Gasteiger partial charge in [0.05, 0.1) is 11.6 Å². The number of benzene rings is 1. The predicted octanol–water partition coefficient (Wildman–Crippen LogP) is 2.57. The summed E-state index contributed by atoms with van der Waals surface area (Å²) in [5.74, 6) is 0. The maximum Gasteiger partial charge on any atom is 0.317 e. The Kier molecular flexibility index (Phi) is 4.77. The van der Waals surface area contributed by atoms with Crippen LogP contribution in [0.1, 0.15) is 36.8 Å². The minimum atomic E-state index is 0.0214.